The Morgan fingerprint density at radius 1 is 1.29 bits per heavy atom. The van der Waals surface area contributed by atoms with Crippen molar-refractivity contribution in [3.8, 4) is 6.07 Å². The van der Waals surface area contributed by atoms with Gasteiger partial charge in [-0.05, 0) is 73.0 Å². The van der Waals surface area contributed by atoms with E-state index in [-0.39, 0.29) is 5.54 Å². The molecule has 0 amide bonds. The highest BCUT2D eigenvalue weighted by Gasteiger charge is 2.40. The monoisotopic (exact) mass is 292 g/mol. The van der Waals surface area contributed by atoms with E-state index in [1.165, 1.54) is 38.8 Å². The van der Waals surface area contributed by atoms with Gasteiger partial charge in [0.25, 0.3) is 0 Å². The largest absolute Gasteiger partial charge is 0.305 e. The van der Waals surface area contributed by atoms with Gasteiger partial charge in [0.2, 0.25) is 0 Å². The predicted octanol–water partition coefficient (Wildman–Crippen LogP) is 2.22. The topological polar surface area (TPSA) is 42.3 Å². The van der Waals surface area contributed by atoms with Crippen LogP contribution in [0.1, 0.15) is 52.4 Å². The molecule has 1 aliphatic heterocycles. The maximum absolute atomic E-state index is 9.71. The van der Waals surface area contributed by atoms with Gasteiger partial charge in [0.1, 0.15) is 5.54 Å². The van der Waals surface area contributed by atoms with Crippen molar-refractivity contribution in [3.63, 3.8) is 0 Å². The van der Waals surface area contributed by atoms with Crippen molar-refractivity contribution in [3.05, 3.63) is 0 Å². The number of likely N-dealkylation sites (tertiary alicyclic amines) is 1. The minimum atomic E-state index is -0.303. The zero-order chi connectivity index (χ0) is 15.5. The van der Waals surface area contributed by atoms with E-state index >= 15 is 0 Å². The normalized spacial score (nSPS) is 35.1. The second-order valence-electron chi connectivity index (χ2n) is 7.50. The molecule has 4 heteroatoms. The highest BCUT2D eigenvalue weighted by atomic mass is 15.2. The molecule has 3 unspecified atom stereocenters. The highest BCUT2D eigenvalue weighted by Crippen LogP contribution is 2.33. The SMILES string of the molecule is CC(C)NC1(C#N)CCCC(N2CCCC(N(C)C)C2)C1. The second kappa shape index (κ2) is 7.09. The summed E-state index contributed by atoms with van der Waals surface area (Å²) in [6.45, 7) is 6.66. The summed E-state index contributed by atoms with van der Waals surface area (Å²) in [5.74, 6) is 0. The third-order valence-corrected chi connectivity index (χ3v) is 5.18. The second-order valence-corrected chi connectivity index (χ2v) is 7.50. The molecule has 1 heterocycles. The molecule has 0 aromatic heterocycles. The molecule has 0 radical (unpaired) electrons. The third-order valence-electron chi connectivity index (χ3n) is 5.18. The number of nitrogens with zero attached hydrogens (tertiary/aromatic N) is 3. The Hall–Kier alpha value is -0.630. The minimum absolute atomic E-state index is 0.303. The quantitative estimate of drug-likeness (QED) is 0.863. The van der Waals surface area contributed by atoms with Crippen LogP contribution in [0, 0.1) is 11.3 Å². The molecule has 1 saturated carbocycles. The average molecular weight is 292 g/mol. The van der Waals surface area contributed by atoms with E-state index in [1.807, 2.05) is 0 Å². The molecular formula is C17H32N4. The van der Waals surface area contributed by atoms with Gasteiger partial charge in [-0.2, -0.15) is 5.26 Å². The summed E-state index contributed by atoms with van der Waals surface area (Å²) in [7, 11) is 4.38. The van der Waals surface area contributed by atoms with Crippen molar-refractivity contribution < 1.29 is 0 Å². The number of hydrogen-bond donors (Lipinski definition) is 1. The Kier molecular flexibility index (Phi) is 5.65. The maximum Gasteiger partial charge on any atom is 0.108 e. The average Bonchev–Trinajstić information content (AvgIpc) is 2.47. The molecule has 1 N–H and O–H groups in total. The lowest BCUT2D eigenvalue weighted by atomic mass is 9.78. The zero-order valence-corrected chi connectivity index (χ0v) is 14.2. The summed E-state index contributed by atoms with van der Waals surface area (Å²) in [6.07, 6.45) is 7.01. The van der Waals surface area contributed by atoms with Crippen molar-refractivity contribution in [2.75, 3.05) is 27.2 Å². The number of nitriles is 1. The molecule has 0 spiro atoms. The van der Waals surface area contributed by atoms with Crippen molar-refractivity contribution in [1.82, 2.24) is 15.1 Å². The van der Waals surface area contributed by atoms with Crippen LogP contribution in [0.25, 0.3) is 0 Å². The van der Waals surface area contributed by atoms with E-state index in [9.17, 15) is 5.26 Å². The van der Waals surface area contributed by atoms with E-state index < -0.39 is 0 Å². The van der Waals surface area contributed by atoms with Gasteiger partial charge in [-0.1, -0.05) is 0 Å². The van der Waals surface area contributed by atoms with Crippen LogP contribution in [0.2, 0.25) is 0 Å². The Balaban J connectivity index is 2.01. The number of piperidine rings is 1. The van der Waals surface area contributed by atoms with Crippen molar-refractivity contribution >= 4 is 0 Å². The van der Waals surface area contributed by atoms with Gasteiger partial charge >= 0.3 is 0 Å². The van der Waals surface area contributed by atoms with Gasteiger partial charge in [0.05, 0.1) is 6.07 Å². The van der Waals surface area contributed by atoms with E-state index in [2.05, 4.69) is 49.1 Å². The maximum atomic E-state index is 9.71. The van der Waals surface area contributed by atoms with Gasteiger partial charge in [-0.15, -0.1) is 0 Å². The summed E-state index contributed by atoms with van der Waals surface area (Å²) >= 11 is 0. The van der Waals surface area contributed by atoms with Gasteiger partial charge in [-0.3, -0.25) is 10.2 Å². The first-order chi connectivity index (χ1) is 9.96. The van der Waals surface area contributed by atoms with E-state index in [4.69, 9.17) is 0 Å². The van der Waals surface area contributed by atoms with Gasteiger partial charge in [-0.25, -0.2) is 0 Å². The van der Waals surface area contributed by atoms with Crippen LogP contribution in [0.15, 0.2) is 0 Å². The standard InChI is InChI=1S/C17H32N4/c1-14(2)19-17(13-18)9-5-7-15(11-17)21-10-6-8-16(12-21)20(3)4/h14-16,19H,5-12H2,1-4H3. The summed E-state index contributed by atoms with van der Waals surface area (Å²) in [4.78, 5) is 5.01. The van der Waals surface area contributed by atoms with Crippen molar-refractivity contribution in [2.24, 2.45) is 0 Å². The lowest BCUT2D eigenvalue weighted by molar-refractivity contribution is 0.0606. The Morgan fingerprint density at radius 2 is 2.05 bits per heavy atom. The third kappa shape index (κ3) is 4.18. The van der Waals surface area contributed by atoms with Crippen LogP contribution in [-0.2, 0) is 0 Å². The lowest BCUT2D eigenvalue weighted by Gasteiger charge is -2.46. The Morgan fingerprint density at radius 3 is 2.67 bits per heavy atom. The number of rotatable bonds is 4. The molecule has 3 atom stereocenters. The van der Waals surface area contributed by atoms with Crippen LogP contribution in [0.4, 0.5) is 0 Å². The molecule has 2 aliphatic rings. The zero-order valence-electron chi connectivity index (χ0n) is 14.2. The first-order valence-electron chi connectivity index (χ1n) is 8.55. The number of hydrogen-bond acceptors (Lipinski definition) is 4. The highest BCUT2D eigenvalue weighted by molar-refractivity contribution is 5.12. The molecule has 2 rings (SSSR count). The smallest absolute Gasteiger partial charge is 0.108 e. The Bertz CT molecular complexity index is 373. The number of nitrogens with one attached hydrogen (secondary N) is 1. The lowest BCUT2D eigenvalue weighted by Crippen LogP contribution is -2.57. The summed E-state index contributed by atoms with van der Waals surface area (Å²) in [6, 6.07) is 4.23. The van der Waals surface area contributed by atoms with Crippen LogP contribution in [0.3, 0.4) is 0 Å². The van der Waals surface area contributed by atoms with Crippen molar-refractivity contribution in [1.29, 1.82) is 5.26 Å². The molecule has 2 fully saturated rings. The van der Waals surface area contributed by atoms with Crippen LogP contribution >= 0.6 is 0 Å². The molecule has 1 saturated heterocycles. The fourth-order valence-corrected chi connectivity index (χ4v) is 4.11. The van der Waals surface area contributed by atoms with E-state index in [0.717, 1.165) is 12.8 Å². The van der Waals surface area contributed by atoms with Gasteiger partial charge < -0.3 is 4.90 Å². The first-order valence-corrected chi connectivity index (χ1v) is 8.55. The molecule has 21 heavy (non-hydrogen) atoms. The van der Waals surface area contributed by atoms with Gasteiger partial charge in [0.15, 0.2) is 0 Å². The van der Waals surface area contributed by atoms with Gasteiger partial charge in [0, 0.05) is 24.7 Å². The summed E-state index contributed by atoms with van der Waals surface area (Å²) in [5.41, 5.74) is -0.303. The first kappa shape index (κ1) is 16.7. The van der Waals surface area contributed by atoms with E-state index in [0.29, 0.717) is 18.1 Å². The van der Waals surface area contributed by atoms with Crippen molar-refractivity contribution in [2.45, 2.75) is 76.0 Å². The van der Waals surface area contributed by atoms with Crippen LogP contribution < -0.4 is 5.32 Å². The van der Waals surface area contributed by atoms with Crippen LogP contribution in [-0.4, -0.2) is 60.6 Å². The fraction of sp³-hybridized carbons (Fsp3) is 0.941. The minimum Gasteiger partial charge on any atom is -0.305 e. The molecule has 4 nitrogen and oxygen atoms in total. The summed E-state index contributed by atoms with van der Waals surface area (Å²) < 4.78 is 0. The Labute approximate surface area is 130 Å². The molecule has 0 bridgehead atoms. The molecule has 1 aliphatic carbocycles. The predicted molar refractivity (Wildman–Crippen MR) is 87.2 cm³/mol. The molecule has 120 valence electrons. The van der Waals surface area contributed by atoms with Crippen LogP contribution in [0.5, 0.6) is 0 Å². The number of likely N-dealkylation sites (N-methyl/N-ethyl adjacent to an activating group) is 1. The molecule has 0 aromatic rings. The van der Waals surface area contributed by atoms with E-state index in [1.54, 1.807) is 0 Å². The summed E-state index contributed by atoms with van der Waals surface area (Å²) in [5, 5.41) is 13.3. The molecular weight excluding hydrogens is 260 g/mol. The fourth-order valence-electron chi connectivity index (χ4n) is 4.11. The molecule has 0 aromatic carbocycles.